The third-order valence-corrected chi connectivity index (χ3v) is 3.42. The number of phenolic OH excluding ortho intramolecular Hbond substituents is 1. The molecule has 3 N–H and O–H groups in total. The molecule has 0 fully saturated rings. The average molecular weight is 376 g/mol. The van der Waals surface area contributed by atoms with Crippen molar-refractivity contribution >= 4 is 29.6 Å². The summed E-state index contributed by atoms with van der Waals surface area (Å²) in [5.41, 5.74) is 3.30. The summed E-state index contributed by atoms with van der Waals surface area (Å²) in [6.45, 7) is 1.98. The standard InChI is InChI=1S/C18H18ClN3O4/c1-2-26-16-8-12(6-7-15(16)23)10-21-22-17(24)11-20-18(25)13-4-3-5-14(19)9-13/h3-10,23H,2,11H2,1H3,(H,20,25)(H,22,24). The molecule has 136 valence electrons. The summed E-state index contributed by atoms with van der Waals surface area (Å²) >= 11 is 5.82. The zero-order valence-corrected chi connectivity index (χ0v) is 14.8. The van der Waals surface area contributed by atoms with Crippen molar-refractivity contribution < 1.29 is 19.4 Å². The lowest BCUT2D eigenvalue weighted by atomic mass is 10.2. The molecule has 7 nitrogen and oxygen atoms in total. The zero-order chi connectivity index (χ0) is 18.9. The van der Waals surface area contributed by atoms with E-state index in [0.29, 0.717) is 28.5 Å². The summed E-state index contributed by atoms with van der Waals surface area (Å²) in [5, 5.41) is 16.3. The molecule has 0 aliphatic carbocycles. The number of hydrogen-bond donors (Lipinski definition) is 3. The second kappa shape index (κ2) is 9.43. The van der Waals surface area contributed by atoms with Crippen LogP contribution in [0.4, 0.5) is 0 Å². The lowest BCUT2D eigenvalue weighted by Crippen LogP contribution is -2.34. The Morgan fingerprint density at radius 1 is 1.27 bits per heavy atom. The van der Waals surface area contributed by atoms with Gasteiger partial charge in [-0.2, -0.15) is 5.10 Å². The Bertz CT molecular complexity index is 824. The minimum atomic E-state index is -0.486. The van der Waals surface area contributed by atoms with Gasteiger partial charge in [-0.05, 0) is 48.9 Å². The second-order valence-corrected chi connectivity index (χ2v) is 5.58. The summed E-state index contributed by atoms with van der Waals surface area (Å²) in [4.78, 5) is 23.6. The van der Waals surface area contributed by atoms with Gasteiger partial charge in [-0.25, -0.2) is 5.43 Å². The van der Waals surface area contributed by atoms with Crippen LogP contribution in [0, 0.1) is 0 Å². The Morgan fingerprint density at radius 2 is 2.08 bits per heavy atom. The van der Waals surface area contributed by atoms with Crippen molar-refractivity contribution in [3.8, 4) is 11.5 Å². The minimum Gasteiger partial charge on any atom is -0.504 e. The van der Waals surface area contributed by atoms with Crippen molar-refractivity contribution in [3.63, 3.8) is 0 Å². The van der Waals surface area contributed by atoms with E-state index in [1.54, 1.807) is 37.3 Å². The number of amides is 2. The smallest absolute Gasteiger partial charge is 0.259 e. The van der Waals surface area contributed by atoms with E-state index in [4.69, 9.17) is 16.3 Å². The quantitative estimate of drug-likeness (QED) is 0.510. The van der Waals surface area contributed by atoms with E-state index in [9.17, 15) is 14.7 Å². The van der Waals surface area contributed by atoms with Crippen molar-refractivity contribution in [1.29, 1.82) is 0 Å². The highest BCUT2D eigenvalue weighted by molar-refractivity contribution is 6.30. The van der Waals surface area contributed by atoms with Crippen molar-refractivity contribution in [3.05, 3.63) is 58.6 Å². The first-order valence-corrected chi connectivity index (χ1v) is 8.19. The first-order valence-electron chi connectivity index (χ1n) is 7.81. The van der Waals surface area contributed by atoms with Crippen molar-refractivity contribution in [1.82, 2.24) is 10.7 Å². The van der Waals surface area contributed by atoms with Crippen LogP contribution in [0.15, 0.2) is 47.6 Å². The van der Waals surface area contributed by atoms with Gasteiger partial charge < -0.3 is 15.2 Å². The maximum atomic E-state index is 11.9. The molecule has 0 radical (unpaired) electrons. The Kier molecular flexibility index (Phi) is 6.99. The molecule has 0 aliphatic rings. The number of ether oxygens (including phenoxy) is 1. The van der Waals surface area contributed by atoms with E-state index in [2.05, 4.69) is 15.8 Å². The number of carbonyl (C=O) groups excluding carboxylic acids is 2. The van der Waals surface area contributed by atoms with E-state index in [-0.39, 0.29) is 12.3 Å². The maximum Gasteiger partial charge on any atom is 0.259 e. The molecule has 0 saturated carbocycles. The molecule has 0 unspecified atom stereocenters. The number of carbonyl (C=O) groups is 2. The number of hydrogen-bond acceptors (Lipinski definition) is 5. The maximum absolute atomic E-state index is 11.9. The molecule has 2 aromatic rings. The number of nitrogens with one attached hydrogen (secondary N) is 2. The lowest BCUT2D eigenvalue weighted by molar-refractivity contribution is -0.120. The first kappa shape index (κ1) is 19.3. The minimum absolute atomic E-state index is 0.0248. The zero-order valence-electron chi connectivity index (χ0n) is 14.0. The molecule has 0 heterocycles. The molecule has 0 spiro atoms. The van der Waals surface area contributed by atoms with Crippen molar-refractivity contribution in [2.24, 2.45) is 5.10 Å². The molecule has 0 aliphatic heterocycles. The van der Waals surface area contributed by atoms with Gasteiger partial charge in [-0.3, -0.25) is 9.59 Å². The van der Waals surface area contributed by atoms with Gasteiger partial charge in [0, 0.05) is 10.6 Å². The monoisotopic (exact) mass is 375 g/mol. The van der Waals surface area contributed by atoms with Gasteiger partial charge in [0.2, 0.25) is 0 Å². The van der Waals surface area contributed by atoms with Gasteiger partial charge in [0.1, 0.15) is 0 Å². The molecular formula is C18H18ClN3O4. The summed E-state index contributed by atoms with van der Waals surface area (Å²) in [7, 11) is 0. The lowest BCUT2D eigenvalue weighted by Gasteiger charge is -2.06. The molecule has 2 rings (SSSR count). The summed E-state index contributed by atoms with van der Waals surface area (Å²) < 4.78 is 5.26. The summed E-state index contributed by atoms with van der Waals surface area (Å²) in [6.07, 6.45) is 1.40. The number of aromatic hydroxyl groups is 1. The third-order valence-electron chi connectivity index (χ3n) is 3.18. The Morgan fingerprint density at radius 3 is 2.81 bits per heavy atom. The van der Waals surface area contributed by atoms with Crippen LogP contribution in [0.1, 0.15) is 22.8 Å². The normalized spacial score (nSPS) is 10.5. The van der Waals surface area contributed by atoms with E-state index in [1.165, 1.54) is 18.3 Å². The number of benzene rings is 2. The summed E-state index contributed by atoms with van der Waals surface area (Å²) in [5.74, 6) is -0.541. The molecule has 0 aromatic heterocycles. The fraction of sp³-hybridized carbons (Fsp3) is 0.167. The van der Waals surface area contributed by atoms with Crippen LogP contribution in [-0.2, 0) is 4.79 Å². The van der Waals surface area contributed by atoms with Crippen LogP contribution in [0.5, 0.6) is 11.5 Å². The van der Waals surface area contributed by atoms with Gasteiger partial charge in [0.25, 0.3) is 11.8 Å². The number of halogens is 1. The molecule has 0 saturated heterocycles. The van der Waals surface area contributed by atoms with Crippen molar-refractivity contribution in [2.45, 2.75) is 6.92 Å². The van der Waals surface area contributed by atoms with Crippen LogP contribution < -0.4 is 15.5 Å². The number of hydrazone groups is 1. The van der Waals surface area contributed by atoms with E-state index < -0.39 is 11.8 Å². The molecule has 8 heteroatoms. The van der Waals surface area contributed by atoms with Crippen LogP contribution in [-0.4, -0.2) is 36.3 Å². The van der Waals surface area contributed by atoms with Gasteiger partial charge in [-0.15, -0.1) is 0 Å². The highest BCUT2D eigenvalue weighted by atomic mass is 35.5. The molecule has 26 heavy (non-hydrogen) atoms. The van der Waals surface area contributed by atoms with Gasteiger partial charge in [-0.1, -0.05) is 17.7 Å². The molecule has 0 atom stereocenters. The van der Waals surface area contributed by atoms with Gasteiger partial charge in [0.15, 0.2) is 11.5 Å². The van der Waals surface area contributed by atoms with Crippen LogP contribution in [0.3, 0.4) is 0 Å². The topological polar surface area (TPSA) is 100 Å². The van der Waals surface area contributed by atoms with Crippen LogP contribution >= 0.6 is 11.6 Å². The highest BCUT2D eigenvalue weighted by Gasteiger charge is 2.08. The Labute approximate surface area is 155 Å². The van der Waals surface area contributed by atoms with E-state index in [1.807, 2.05) is 0 Å². The SMILES string of the molecule is CCOc1cc(C=NNC(=O)CNC(=O)c2cccc(Cl)c2)ccc1O. The fourth-order valence-electron chi connectivity index (χ4n) is 1.99. The van der Waals surface area contributed by atoms with E-state index >= 15 is 0 Å². The largest absolute Gasteiger partial charge is 0.504 e. The number of rotatable bonds is 7. The van der Waals surface area contributed by atoms with Crippen molar-refractivity contribution in [2.75, 3.05) is 13.2 Å². The highest BCUT2D eigenvalue weighted by Crippen LogP contribution is 2.26. The van der Waals surface area contributed by atoms with Crippen LogP contribution in [0.2, 0.25) is 5.02 Å². The Hall–Kier alpha value is -3.06. The molecule has 0 bridgehead atoms. The second-order valence-electron chi connectivity index (χ2n) is 5.15. The first-order chi connectivity index (χ1) is 12.5. The summed E-state index contributed by atoms with van der Waals surface area (Å²) in [6, 6.07) is 11.1. The molecule has 2 amide bonds. The Balaban J connectivity index is 1.84. The predicted molar refractivity (Wildman–Crippen MR) is 98.8 cm³/mol. The third kappa shape index (κ3) is 5.78. The van der Waals surface area contributed by atoms with E-state index in [0.717, 1.165) is 0 Å². The number of nitrogens with zero attached hydrogens (tertiary/aromatic N) is 1. The van der Waals surface area contributed by atoms with Gasteiger partial charge in [0.05, 0.1) is 19.4 Å². The average Bonchev–Trinajstić information content (AvgIpc) is 2.62. The fourth-order valence-corrected chi connectivity index (χ4v) is 2.18. The van der Waals surface area contributed by atoms with Crippen LogP contribution in [0.25, 0.3) is 0 Å². The molecule has 2 aromatic carbocycles. The predicted octanol–water partition coefficient (Wildman–Crippen LogP) is 2.32. The van der Waals surface area contributed by atoms with Gasteiger partial charge >= 0.3 is 0 Å². The molecular weight excluding hydrogens is 358 g/mol. The number of phenols is 1.